The van der Waals surface area contributed by atoms with Crippen molar-refractivity contribution in [2.45, 2.75) is 105 Å². The first kappa shape index (κ1) is 33.6. The van der Waals surface area contributed by atoms with Crippen molar-refractivity contribution in [2.24, 2.45) is 0 Å². The summed E-state index contributed by atoms with van der Waals surface area (Å²) < 4.78 is 2.33. The molecule has 0 heterocycles. The number of rotatable bonds is 0. The van der Waals surface area contributed by atoms with E-state index in [-0.39, 0.29) is 21.7 Å². The van der Waals surface area contributed by atoms with E-state index in [9.17, 15) is 0 Å². The third kappa shape index (κ3) is 5.28. The molecule has 0 radical (unpaired) electrons. The summed E-state index contributed by atoms with van der Waals surface area (Å²) in [5.41, 5.74) is 5.49. The standard InChI is InChI=1S/C46H48Br2/c1-43(2,3)25-19-35-29(39(47)21-25)15-17-31-27-13-14-28-32-18-16-30-36(20-26(22-40(30)48)44(4,5)6)42(32)38(46(10,11)12)24-34(28)33(27)23-37(41(31)35)45(7,8)9/h13-24H,1-12H3. The molecule has 0 nitrogen and oxygen atoms in total. The largest absolute Gasteiger partial charge is 0.0561 e. The van der Waals surface area contributed by atoms with Crippen molar-refractivity contribution < 1.29 is 0 Å². The number of fused-ring (bicyclic) bond motifs is 11. The normalized spacial score (nSPS) is 13.6. The van der Waals surface area contributed by atoms with Crippen LogP contribution in [0, 0.1) is 0 Å². The van der Waals surface area contributed by atoms with Gasteiger partial charge < -0.3 is 0 Å². The van der Waals surface area contributed by atoms with Crippen LogP contribution >= 0.6 is 31.9 Å². The fraction of sp³-hybridized carbons (Fsp3) is 0.348. The van der Waals surface area contributed by atoms with Crippen LogP contribution in [0.4, 0.5) is 0 Å². The summed E-state index contributed by atoms with van der Waals surface area (Å²) in [7, 11) is 0. The van der Waals surface area contributed by atoms with Gasteiger partial charge in [0.2, 0.25) is 0 Å². The van der Waals surface area contributed by atoms with Gasteiger partial charge in [0.1, 0.15) is 0 Å². The van der Waals surface area contributed by atoms with Crippen molar-refractivity contribution in [1.82, 2.24) is 0 Å². The Morgan fingerprint density at radius 3 is 0.938 bits per heavy atom. The molecule has 0 saturated carbocycles. The summed E-state index contributed by atoms with van der Waals surface area (Å²) in [6, 6.07) is 28.7. The van der Waals surface area contributed by atoms with Gasteiger partial charge in [-0.1, -0.05) is 151 Å². The van der Waals surface area contributed by atoms with E-state index in [4.69, 9.17) is 0 Å². The van der Waals surface area contributed by atoms with E-state index in [1.807, 2.05) is 0 Å². The topological polar surface area (TPSA) is 0 Å². The van der Waals surface area contributed by atoms with Gasteiger partial charge in [-0.3, -0.25) is 0 Å². The van der Waals surface area contributed by atoms with Crippen molar-refractivity contribution in [3.05, 3.63) is 104 Å². The zero-order chi connectivity index (χ0) is 34.9. The first-order chi connectivity index (χ1) is 22.2. The minimum atomic E-state index is -0.0529. The highest BCUT2D eigenvalue weighted by molar-refractivity contribution is 9.11. The molecule has 0 bridgehead atoms. The number of benzene rings is 7. The van der Waals surface area contributed by atoms with Crippen molar-refractivity contribution in [3.8, 4) is 0 Å². The average Bonchev–Trinajstić information content (AvgIpc) is 2.97. The second kappa shape index (κ2) is 10.8. The molecule has 7 rings (SSSR count). The Balaban J connectivity index is 1.70. The van der Waals surface area contributed by atoms with Gasteiger partial charge >= 0.3 is 0 Å². The second-order valence-electron chi connectivity index (χ2n) is 18.2. The van der Waals surface area contributed by atoms with Crippen LogP contribution in [-0.4, -0.2) is 0 Å². The summed E-state index contributed by atoms with van der Waals surface area (Å²) in [5, 5.41) is 16.0. The Morgan fingerprint density at radius 2 is 0.625 bits per heavy atom. The van der Waals surface area contributed by atoms with Gasteiger partial charge in [0.25, 0.3) is 0 Å². The molecule has 0 aromatic heterocycles. The molecule has 246 valence electrons. The van der Waals surface area contributed by atoms with E-state index in [1.165, 1.54) is 95.8 Å². The van der Waals surface area contributed by atoms with Gasteiger partial charge in [-0.2, -0.15) is 0 Å². The van der Waals surface area contributed by atoms with Gasteiger partial charge in [-0.05, 0) is 145 Å². The van der Waals surface area contributed by atoms with Crippen LogP contribution < -0.4 is 0 Å². The van der Waals surface area contributed by atoms with Gasteiger partial charge in [-0.15, -0.1) is 0 Å². The Kier molecular flexibility index (Phi) is 7.53. The Hall–Kier alpha value is -2.94. The molecule has 0 N–H and O–H groups in total. The maximum atomic E-state index is 3.97. The SMILES string of the molecule is CC(C)(C)c1cc(Br)c2ccc3c4ccc5c(cc(C(C)(C)C)c6c7cc(C(C)(C)C)cc(Br)c7ccc56)c4cc(C(C)(C)C)c3c2c1. The van der Waals surface area contributed by atoms with Crippen LogP contribution in [0.5, 0.6) is 0 Å². The fourth-order valence-electron chi connectivity index (χ4n) is 7.71. The second-order valence-corrected chi connectivity index (χ2v) is 19.9. The molecule has 0 aliphatic carbocycles. The summed E-state index contributed by atoms with van der Waals surface area (Å²) in [6.07, 6.45) is 0. The van der Waals surface area contributed by atoms with Crippen molar-refractivity contribution in [2.75, 3.05) is 0 Å². The lowest BCUT2D eigenvalue weighted by molar-refractivity contribution is 0.590. The molecule has 7 aromatic rings. The van der Waals surface area contributed by atoms with Crippen LogP contribution in [0.3, 0.4) is 0 Å². The maximum absolute atomic E-state index is 3.97. The lowest BCUT2D eigenvalue weighted by atomic mass is 9.77. The van der Waals surface area contributed by atoms with Crippen molar-refractivity contribution in [3.63, 3.8) is 0 Å². The van der Waals surface area contributed by atoms with Crippen LogP contribution in [0.25, 0.3) is 64.6 Å². The van der Waals surface area contributed by atoms with Crippen LogP contribution in [0.1, 0.15) is 105 Å². The Morgan fingerprint density at radius 1 is 0.312 bits per heavy atom. The molecule has 48 heavy (non-hydrogen) atoms. The van der Waals surface area contributed by atoms with E-state index in [2.05, 4.69) is 188 Å². The predicted octanol–water partition coefficient (Wildman–Crippen LogP) is 15.3. The molecule has 0 atom stereocenters. The molecule has 2 heteroatoms. The molecule has 0 aliphatic rings. The van der Waals surface area contributed by atoms with Gasteiger partial charge in [0, 0.05) is 8.95 Å². The molecule has 0 aliphatic heterocycles. The molecule has 0 amide bonds. The summed E-state index contributed by atoms with van der Waals surface area (Å²) in [4.78, 5) is 0. The van der Waals surface area contributed by atoms with Crippen LogP contribution in [-0.2, 0) is 21.7 Å². The van der Waals surface area contributed by atoms with Crippen molar-refractivity contribution in [1.29, 1.82) is 0 Å². The van der Waals surface area contributed by atoms with Crippen molar-refractivity contribution >= 4 is 96.5 Å². The Labute approximate surface area is 303 Å². The third-order valence-corrected chi connectivity index (χ3v) is 11.8. The molecular formula is C46H48Br2. The minimum Gasteiger partial charge on any atom is -0.0561 e. The molecule has 7 aromatic carbocycles. The molecular weight excluding hydrogens is 712 g/mol. The van der Waals surface area contributed by atoms with E-state index >= 15 is 0 Å². The minimum absolute atomic E-state index is 0.0473. The van der Waals surface area contributed by atoms with E-state index in [1.54, 1.807) is 0 Å². The predicted molar refractivity (Wildman–Crippen MR) is 222 cm³/mol. The zero-order valence-electron chi connectivity index (χ0n) is 30.7. The van der Waals surface area contributed by atoms with E-state index in [0.29, 0.717) is 0 Å². The van der Waals surface area contributed by atoms with Crippen LogP contribution in [0.15, 0.2) is 81.7 Å². The number of hydrogen-bond acceptors (Lipinski definition) is 0. The maximum Gasteiger partial charge on any atom is 0.0256 e. The number of halogens is 2. The summed E-state index contributed by atoms with van der Waals surface area (Å²) in [6.45, 7) is 28.0. The fourth-order valence-corrected chi connectivity index (χ4v) is 8.89. The smallest absolute Gasteiger partial charge is 0.0256 e. The lowest BCUT2D eigenvalue weighted by Gasteiger charge is -2.27. The van der Waals surface area contributed by atoms with Crippen LogP contribution in [0.2, 0.25) is 0 Å². The highest BCUT2D eigenvalue weighted by Gasteiger charge is 2.26. The van der Waals surface area contributed by atoms with E-state index < -0.39 is 0 Å². The zero-order valence-corrected chi connectivity index (χ0v) is 33.9. The highest BCUT2D eigenvalue weighted by Crippen LogP contribution is 2.47. The monoisotopic (exact) mass is 758 g/mol. The lowest BCUT2D eigenvalue weighted by Crippen LogP contribution is -2.14. The third-order valence-electron chi connectivity index (χ3n) is 10.5. The first-order valence-electron chi connectivity index (χ1n) is 17.3. The average molecular weight is 761 g/mol. The highest BCUT2D eigenvalue weighted by atomic mass is 79.9. The van der Waals surface area contributed by atoms with Gasteiger partial charge in [0.15, 0.2) is 0 Å². The first-order valence-corrected chi connectivity index (χ1v) is 18.9. The molecule has 0 fully saturated rings. The molecule has 0 unspecified atom stereocenters. The number of hydrogen-bond donors (Lipinski definition) is 0. The molecule has 0 spiro atoms. The molecule has 0 saturated heterocycles. The van der Waals surface area contributed by atoms with Gasteiger partial charge in [-0.25, -0.2) is 0 Å². The Bertz CT molecular complexity index is 2310. The summed E-state index contributed by atoms with van der Waals surface area (Å²) in [5.74, 6) is 0. The van der Waals surface area contributed by atoms with Gasteiger partial charge in [0.05, 0.1) is 0 Å². The summed E-state index contributed by atoms with van der Waals surface area (Å²) >= 11 is 7.93. The van der Waals surface area contributed by atoms with E-state index in [0.717, 1.165) is 0 Å². The quantitative estimate of drug-likeness (QED) is 0.135.